The smallest absolute Gasteiger partial charge is 0.328 e. The number of hydrogen-bond donors (Lipinski definition) is 2. The SMILES string of the molecule is CCOc1cccc(CNC/C=C/C(=O)O)c1. The molecule has 2 N–H and O–H groups in total. The van der Waals surface area contributed by atoms with E-state index in [9.17, 15) is 4.79 Å². The van der Waals surface area contributed by atoms with Gasteiger partial charge in [-0.15, -0.1) is 0 Å². The minimum absolute atomic E-state index is 0.533. The molecule has 0 bridgehead atoms. The van der Waals surface area contributed by atoms with Crippen LogP contribution in [-0.4, -0.2) is 24.2 Å². The fourth-order valence-electron chi connectivity index (χ4n) is 1.37. The van der Waals surface area contributed by atoms with Crippen LogP contribution < -0.4 is 10.1 Å². The number of aliphatic carboxylic acids is 1. The Kier molecular flexibility index (Phi) is 5.82. The molecule has 0 unspecified atom stereocenters. The molecule has 4 heteroatoms. The van der Waals surface area contributed by atoms with Crippen LogP contribution >= 0.6 is 0 Å². The lowest BCUT2D eigenvalue weighted by Crippen LogP contribution is -2.13. The fraction of sp³-hybridized carbons (Fsp3) is 0.308. The molecule has 0 aliphatic rings. The second kappa shape index (κ2) is 7.46. The van der Waals surface area contributed by atoms with Gasteiger partial charge in [0.25, 0.3) is 0 Å². The predicted molar refractivity (Wildman–Crippen MR) is 66.1 cm³/mol. The molecule has 0 aliphatic carbocycles. The van der Waals surface area contributed by atoms with Crippen LogP contribution in [0.15, 0.2) is 36.4 Å². The maximum Gasteiger partial charge on any atom is 0.328 e. The molecule has 4 nitrogen and oxygen atoms in total. The summed E-state index contributed by atoms with van der Waals surface area (Å²) in [5.41, 5.74) is 1.11. The number of nitrogens with one attached hydrogen (secondary N) is 1. The maximum atomic E-state index is 10.2. The van der Waals surface area contributed by atoms with Crippen molar-refractivity contribution in [3.8, 4) is 5.75 Å². The Morgan fingerprint density at radius 1 is 1.53 bits per heavy atom. The molecule has 0 aromatic heterocycles. The van der Waals surface area contributed by atoms with Crippen molar-refractivity contribution < 1.29 is 14.6 Å². The summed E-state index contributed by atoms with van der Waals surface area (Å²) in [5.74, 6) is -0.0713. The van der Waals surface area contributed by atoms with Crippen molar-refractivity contribution in [1.82, 2.24) is 5.32 Å². The van der Waals surface area contributed by atoms with E-state index >= 15 is 0 Å². The van der Waals surface area contributed by atoms with E-state index in [1.807, 2.05) is 31.2 Å². The molecule has 0 aliphatic heterocycles. The lowest BCUT2D eigenvalue weighted by molar-refractivity contribution is -0.131. The summed E-state index contributed by atoms with van der Waals surface area (Å²) in [6.07, 6.45) is 2.71. The van der Waals surface area contributed by atoms with Gasteiger partial charge in [-0.1, -0.05) is 18.2 Å². The molecule has 1 aromatic rings. The minimum atomic E-state index is -0.926. The number of carboxylic acids is 1. The average molecular weight is 235 g/mol. The molecular formula is C13H17NO3. The van der Waals surface area contributed by atoms with Gasteiger partial charge in [-0.3, -0.25) is 0 Å². The lowest BCUT2D eigenvalue weighted by Gasteiger charge is -2.06. The number of ether oxygens (including phenoxy) is 1. The van der Waals surface area contributed by atoms with Crippen LogP contribution in [0.1, 0.15) is 12.5 Å². The average Bonchev–Trinajstić information content (AvgIpc) is 2.29. The van der Waals surface area contributed by atoms with Crippen molar-refractivity contribution in [2.24, 2.45) is 0 Å². The highest BCUT2D eigenvalue weighted by atomic mass is 16.5. The number of rotatable bonds is 7. The monoisotopic (exact) mass is 235 g/mol. The van der Waals surface area contributed by atoms with Crippen molar-refractivity contribution in [3.63, 3.8) is 0 Å². The van der Waals surface area contributed by atoms with Gasteiger partial charge in [0.15, 0.2) is 0 Å². The molecule has 1 rings (SSSR count). The fourth-order valence-corrected chi connectivity index (χ4v) is 1.37. The second-order valence-corrected chi connectivity index (χ2v) is 3.45. The molecule has 0 amide bonds. The molecule has 0 heterocycles. The lowest BCUT2D eigenvalue weighted by atomic mass is 10.2. The Morgan fingerprint density at radius 2 is 2.35 bits per heavy atom. The standard InChI is InChI=1S/C13H17NO3/c1-2-17-12-6-3-5-11(9-12)10-14-8-4-7-13(15)16/h3-7,9,14H,2,8,10H2,1H3,(H,15,16)/b7-4+. The largest absolute Gasteiger partial charge is 0.494 e. The zero-order valence-corrected chi connectivity index (χ0v) is 9.85. The van der Waals surface area contributed by atoms with Crippen LogP contribution in [0.2, 0.25) is 0 Å². The Morgan fingerprint density at radius 3 is 3.06 bits per heavy atom. The number of benzene rings is 1. The first kappa shape index (κ1) is 13.3. The Balaban J connectivity index is 2.36. The molecule has 0 saturated heterocycles. The van der Waals surface area contributed by atoms with Crippen molar-refractivity contribution in [1.29, 1.82) is 0 Å². The number of carbonyl (C=O) groups is 1. The summed E-state index contributed by atoms with van der Waals surface area (Å²) >= 11 is 0. The molecule has 0 radical (unpaired) electrons. The normalized spacial score (nSPS) is 10.6. The highest BCUT2D eigenvalue weighted by Gasteiger charge is 1.95. The molecule has 0 atom stereocenters. The third-order valence-corrected chi connectivity index (χ3v) is 2.06. The third kappa shape index (κ3) is 5.73. The molecular weight excluding hydrogens is 218 g/mol. The van der Waals surface area contributed by atoms with Crippen LogP contribution in [0.4, 0.5) is 0 Å². The van der Waals surface area contributed by atoms with Crippen molar-refractivity contribution >= 4 is 5.97 Å². The second-order valence-electron chi connectivity index (χ2n) is 3.45. The highest BCUT2D eigenvalue weighted by molar-refractivity contribution is 5.79. The zero-order valence-electron chi connectivity index (χ0n) is 9.85. The van der Waals surface area contributed by atoms with Gasteiger partial charge >= 0.3 is 5.97 Å². The van der Waals surface area contributed by atoms with E-state index in [4.69, 9.17) is 9.84 Å². The first-order valence-electron chi connectivity index (χ1n) is 5.54. The maximum absolute atomic E-state index is 10.2. The first-order valence-corrected chi connectivity index (χ1v) is 5.54. The predicted octanol–water partition coefficient (Wildman–Crippen LogP) is 1.82. The topological polar surface area (TPSA) is 58.6 Å². The number of carboxylic acid groups (broad SMARTS) is 1. The van der Waals surface area contributed by atoms with Crippen molar-refractivity contribution in [3.05, 3.63) is 42.0 Å². The van der Waals surface area contributed by atoms with Crippen LogP contribution in [0.3, 0.4) is 0 Å². The Bertz CT molecular complexity index is 388. The summed E-state index contributed by atoms with van der Waals surface area (Å²) in [4.78, 5) is 10.2. The quantitative estimate of drug-likeness (QED) is 0.559. The Labute approximate surface area is 101 Å². The van der Waals surface area contributed by atoms with Crippen LogP contribution in [0, 0.1) is 0 Å². The van der Waals surface area contributed by atoms with Gasteiger partial charge in [0.1, 0.15) is 5.75 Å². The summed E-state index contributed by atoms with van der Waals surface area (Å²) < 4.78 is 5.39. The van der Waals surface area contributed by atoms with Gasteiger partial charge < -0.3 is 15.2 Å². The first-order chi connectivity index (χ1) is 8.22. The van der Waals surface area contributed by atoms with Crippen LogP contribution in [0.5, 0.6) is 5.75 Å². The zero-order chi connectivity index (χ0) is 12.5. The summed E-state index contributed by atoms with van der Waals surface area (Å²) in [7, 11) is 0. The van der Waals surface area contributed by atoms with E-state index in [0.29, 0.717) is 19.7 Å². The van der Waals surface area contributed by atoms with Gasteiger partial charge in [0.05, 0.1) is 6.61 Å². The van der Waals surface area contributed by atoms with Crippen molar-refractivity contribution in [2.75, 3.05) is 13.2 Å². The summed E-state index contributed by atoms with van der Waals surface area (Å²) in [6, 6.07) is 7.82. The van der Waals surface area contributed by atoms with E-state index in [1.54, 1.807) is 6.08 Å². The van der Waals surface area contributed by atoms with Gasteiger partial charge in [0, 0.05) is 19.2 Å². The molecule has 0 fully saturated rings. The van der Waals surface area contributed by atoms with E-state index in [2.05, 4.69) is 5.32 Å². The Hall–Kier alpha value is -1.81. The van der Waals surface area contributed by atoms with Gasteiger partial charge in [-0.2, -0.15) is 0 Å². The molecule has 1 aromatic carbocycles. The summed E-state index contributed by atoms with van der Waals surface area (Å²) in [5, 5.41) is 11.5. The highest BCUT2D eigenvalue weighted by Crippen LogP contribution is 2.12. The van der Waals surface area contributed by atoms with Crippen LogP contribution in [0.25, 0.3) is 0 Å². The third-order valence-electron chi connectivity index (χ3n) is 2.06. The van der Waals surface area contributed by atoms with E-state index in [0.717, 1.165) is 17.4 Å². The minimum Gasteiger partial charge on any atom is -0.494 e. The van der Waals surface area contributed by atoms with E-state index in [1.165, 1.54) is 0 Å². The molecule has 0 saturated carbocycles. The van der Waals surface area contributed by atoms with Gasteiger partial charge in [-0.05, 0) is 24.6 Å². The van der Waals surface area contributed by atoms with Gasteiger partial charge in [0.2, 0.25) is 0 Å². The van der Waals surface area contributed by atoms with Crippen LogP contribution in [-0.2, 0) is 11.3 Å². The van der Waals surface area contributed by atoms with Gasteiger partial charge in [-0.25, -0.2) is 4.79 Å². The van der Waals surface area contributed by atoms with E-state index < -0.39 is 5.97 Å². The van der Waals surface area contributed by atoms with Crippen molar-refractivity contribution in [2.45, 2.75) is 13.5 Å². The molecule has 92 valence electrons. The molecule has 0 spiro atoms. The van der Waals surface area contributed by atoms with E-state index in [-0.39, 0.29) is 0 Å². The number of hydrogen-bond acceptors (Lipinski definition) is 3. The molecule has 17 heavy (non-hydrogen) atoms. The summed E-state index contributed by atoms with van der Waals surface area (Å²) in [6.45, 7) is 3.82.